The van der Waals surface area contributed by atoms with Crippen LogP contribution in [0.4, 0.5) is 8.78 Å². The normalized spacial score (nSPS) is 16.2. The van der Waals surface area contributed by atoms with Gasteiger partial charge in [-0.25, -0.2) is 8.78 Å². The first kappa shape index (κ1) is 14.0. The third-order valence-electron chi connectivity index (χ3n) is 3.88. The zero-order chi connectivity index (χ0) is 14.8. The average Bonchev–Trinajstić information content (AvgIpc) is 2.42. The Morgan fingerprint density at radius 3 is 2.52 bits per heavy atom. The van der Waals surface area contributed by atoms with E-state index in [0.29, 0.717) is 25.1 Å². The van der Waals surface area contributed by atoms with Crippen LogP contribution in [-0.4, -0.2) is 13.2 Å². The molecule has 2 nitrogen and oxygen atoms in total. The lowest BCUT2D eigenvalue weighted by Gasteiger charge is -2.29. The van der Waals surface area contributed by atoms with Crippen LogP contribution in [0.15, 0.2) is 36.4 Å². The number of halogens is 2. The van der Waals surface area contributed by atoms with Gasteiger partial charge in [-0.2, -0.15) is 0 Å². The quantitative estimate of drug-likeness (QED) is 0.917. The largest absolute Gasteiger partial charge is 0.487 e. The molecule has 0 heterocycles. The molecular formula is C17H17F2NO. The third kappa shape index (κ3) is 2.76. The molecule has 1 unspecified atom stereocenters. The number of ether oxygens (including phenoxy) is 1. The van der Waals surface area contributed by atoms with Crippen LogP contribution in [-0.2, 0) is 12.8 Å². The van der Waals surface area contributed by atoms with Crippen molar-refractivity contribution >= 4 is 0 Å². The van der Waals surface area contributed by atoms with E-state index in [4.69, 9.17) is 10.5 Å². The molecule has 2 aromatic carbocycles. The van der Waals surface area contributed by atoms with E-state index >= 15 is 0 Å². The molecule has 0 aliphatic heterocycles. The molecule has 2 aromatic rings. The van der Waals surface area contributed by atoms with E-state index in [0.717, 1.165) is 6.42 Å². The summed E-state index contributed by atoms with van der Waals surface area (Å²) in [5, 5.41) is 0. The molecule has 0 bridgehead atoms. The highest BCUT2D eigenvalue weighted by atomic mass is 19.1. The zero-order valence-corrected chi connectivity index (χ0v) is 11.6. The molecule has 2 N–H and O–H groups in total. The van der Waals surface area contributed by atoms with Crippen molar-refractivity contribution in [3.8, 4) is 5.75 Å². The number of benzene rings is 2. The molecule has 1 aliphatic carbocycles. The van der Waals surface area contributed by atoms with E-state index in [-0.39, 0.29) is 11.7 Å². The van der Waals surface area contributed by atoms with Crippen LogP contribution >= 0.6 is 0 Å². The van der Waals surface area contributed by atoms with Crippen molar-refractivity contribution in [3.63, 3.8) is 0 Å². The minimum absolute atomic E-state index is 0.212. The fraction of sp³-hybridized carbons (Fsp3) is 0.294. The summed E-state index contributed by atoms with van der Waals surface area (Å²) in [6.45, 7) is 0.652. The molecule has 21 heavy (non-hydrogen) atoms. The second-order valence-corrected chi connectivity index (χ2v) is 5.34. The van der Waals surface area contributed by atoms with Crippen LogP contribution in [0.3, 0.4) is 0 Å². The van der Waals surface area contributed by atoms with Crippen molar-refractivity contribution in [2.75, 3.05) is 13.2 Å². The van der Waals surface area contributed by atoms with E-state index in [9.17, 15) is 8.78 Å². The lowest BCUT2D eigenvalue weighted by Crippen LogP contribution is -2.23. The molecule has 0 saturated heterocycles. The Labute approximate surface area is 122 Å². The van der Waals surface area contributed by atoms with Crippen molar-refractivity contribution in [2.45, 2.75) is 18.8 Å². The van der Waals surface area contributed by atoms with Gasteiger partial charge in [-0.1, -0.05) is 24.3 Å². The first-order valence-corrected chi connectivity index (χ1v) is 7.07. The van der Waals surface area contributed by atoms with Gasteiger partial charge in [-0.05, 0) is 48.2 Å². The van der Waals surface area contributed by atoms with Crippen LogP contribution in [0.5, 0.6) is 5.75 Å². The van der Waals surface area contributed by atoms with Crippen molar-refractivity contribution in [1.82, 2.24) is 0 Å². The Kier molecular flexibility index (Phi) is 3.88. The molecule has 1 atom stereocenters. The van der Waals surface area contributed by atoms with E-state index < -0.39 is 11.6 Å². The molecule has 110 valence electrons. The number of rotatable bonds is 5. The summed E-state index contributed by atoms with van der Waals surface area (Å²) < 4.78 is 33.2. The maximum atomic E-state index is 13.9. The minimum Gasteiger partial charge on any atom is -0.487 e. The fourth-order valence-electron chi connectivity index (χ4n) is 2.76. The molecule has 0 spiro atoms. The van der Waals surface area contributed by atoms with Gasteiger partial charge < -0.3 is 10.5 Å². The van der Waals surface area contributed by atoms with Gasteiger partial charge in [0.1, 0.15) is 0 Å². The van der Waals surface area contributed by atoms with Crippen LogP contribution in [0, 0.1) is 11.6 Å². The van der Waals surface area contributed by atoms with Gasteiger partial charge in [0.2, 0.25) is 0 Å². The van der Waals surface area contributed by atoms with Crippen molar-refractivity contribution in [2.24, 2.45) is 5.73 Å². The summed E-state index contributed by atoms with van der Waals surface area (Å²) in [7, 11) is 0. The predicted octanol–water partition coefficient (Wildman–Crippen LogP) is 3.18. The Hall–Kier alpha value is -1.94. The summed E-state index contributed by atoms with van der Waals surface area (Å²) in [4.78, 5) is 0. The Balaban J connectivity index is 1.69. The summed E-state index contributed by atoms with van der Waals surface area (Å²) in [6.07, 6.45) is 1.34. The Morgan fingerprint density at radius 2 is 1.86 bits per heavy atom. The van der Waals surface area contributed by atoms with E-state index in [1.165, 1.54) is 23.3 Å². The van der Waals surface area contributed by atoms with Gasteiger partial charge >= 0.3 is 0 Å². The average molecular weight is 289 g/mol. The number of fused-ring (bicyclic) bond motifs is 1. The fourth-order valence-corrected chi connectivity index (χ4v) is 2.76. The lowest BCUT2D eigenvalue weighted by molar-refractivity contribution is 0.251. The Morgan fingerprint density at radius 1 is 1.14 bits per heavy atom. The van der Waals surface area contributed by atoms with Crippen molar-refractivity contribution in [1.29, 1.82) is 0 Å². The van der Waals surface area contributed by atoms with E-state index in [2.05, 4.69) is 6.07 Å². The number of hydrogen-bond acceptors (Lipinski definition) is 2. The van der Waals surface area contributed by atoms with Crippen LogP contribution in [0.1, 0.15) is 22.6 Å². The Bertz CT molecular complexity index is 634. The topological polar surface area (TPSA) is 35.2 Å². The predicted molar refractivity (Wildman–Crippen MR) is 77.5 cm³/mol. The highest BCUT2D eigenvalue weighted by Crippen LogP contribution is 2.35. The van der Waals surface area contributed by atoms with Crippen LogP contribution in [0.25, 0.3) is 0 Å². The van der Waals surface area contributed by atoms with Crippen molar-refractivity contribution < 1.29 is 13.5 Å². The molecule has 3 rings (SSSR count). The number of hydrogen-bond donors (Lipinski definition) is 1. The van der Waals surface area contributed by atoms with Gasteiger partial charge in [0, 0.05) is 5.92 Å². The van der Waals surface area contributed by atoms with E-state index in [1.807, 2.05) is 18.2 Å². The second-order valence-electron chi connectivity index (χ2n) is 5.34. The van der Waals surface area contributed by atoms with Gasteiger partial charge in [0.05, 0.1) is 6.61 Å². The molecule has 0 saturated carbocycles. The number of nitrogens with two attached hydrogens (primary N) is 1. The first-order valence-electron chi connectivity index (χ1n) is 7.07. The van der Waals surface area contributed by atoms with Crippen LogP contribution < -0.4 is 10.5 Å². The van der Waals surface area contributed by atoms with E-state index in [1.54, 1.807) is 0 Å². The summed E-state index contributed by atoms with van der Waals surface area (Å²) in [5.74, 6) is -1.40. The standard InChI is InChI=1S/C17H17F2NO/c18-15-7-11(5-6-20)8-16(19)17(15)21-10-13-9-12-3-1-2-4-14(12)13/h1-4,7-8,13H,5-6,9-10,20H2. The molecule has 4 heteroatoms. The van der Waals surface area contributed by atoms with Gasteiger partial charge in [0.15, 0.2) is 17.4 Å². The monoisotopic (exact) mass is 289 g/mol. The molecule has 0 radical (unpaired) electrons. The molecule has 0 fully saturated rings. The zero-order valence-electron chi connectivity index (χ0n) is 11.6. The third-order valence-corrected chi connectivity index (χ3v) is 3.88. The minimum atomic E-state index is -0.661. The van der Waals surface area contributed by atoms with Gasteiger partial charge in [-0.15, -0.1) is 0 Å². The van der Waals surface area contributed by atoms with Crippen LogP contribution in [0.2, 0.25) is 0 Å². The lowest BCUT2D eigenvalue weighted by atomic mass is 9.78. The summed E-state index contributed by atoms with van der Waals surface area (Å²) >= 11 is 0. The van der Waals surface area contributed by atoms with Crippen molar-refractivity contribution in [3.05, 3.63) is 64.7 Å². The highest BCUT2D eigenvalue weighted by Gasteiger charge is 2.26. The summed E-state index contributed by atoms with van der Waals surface area (Å²) in [6, 6.07) is 10.6. The molecule has 1 aliphatic rings. The molecular weight excluding hydrogens is 272 g/mol. The second kappa shape index (κ2) is 5.82. The highest BCUT2D eigenvalue weighted by molar-refractivity contribution is 5.40. The molecule has 0 amide bonds. The molecule has 0 aromatic heterocycles. The first-order chi connectivity index (χ1) is 10.2. The SMILES string of the molecule is NCCc1cc(F)c(OCC2Cc3ccccc32)c(F)c1. The maximum absolute atomic E-state index is 13.9. The summed E-state index contributed by atoms with van der Waals surface area (Å²) in [5.41, 5.74) is 8.43. The maximum Gasteiger partial charge on any atom is 0.190 e. The smallest absolute Gasteiger partial charge is 0.190 e. The van der Waals surface area contributed by atoms with Gasteiger partial charge in [0.25, 0.3) is 0 Å². The van der Waals surface area contributed by atoms with Gasteiger partial charge in [-0.3, -0.25) is 0 Å².